The summed E-state index contributed by atoms with van der Waals surface area (Å²) in [5.74, 6) is 0. The SMILES string of the molecule is CCNC(CN(C)C(C)COC)C(C)(C)C. The molecule has 0 saturated carbocycles. The van der Waals surface area contributed by atoms with Gasteiger partial charge in [0.25, 0.3) is 0 Å². The summed E-state index contributed by atoms with van der Waals surface area (Å²) in [4.78, 5) is 2.36. The van der Waals surface area contributed by atoms with E-state index in [-0.39, 0.29) is 5.41 Å². The predicted octanol–water partition coefficient (Wildman–Crippen LogP) is 1.98. The van der Waals surface area contributed by atoms with Crippen molar-refractivity contribution in [1.82, 2.24) is 10.2 Å². The molecule has 0 aromatic rings. The Morgan fingerprint density at radius 2 is 1.88 bits per heavy atom. The number of hydrogen-bond donors (Lipinski definition) is 1. The Bertz CT molecular complexity index is 177. The highest BCUT2D eigenvalue weighted by molar-refractivity contribution is 4.83. The zero-order chi connectivity index (χ0) is 12.8. The summed E-state index contributed by atoms with van der Waals surface area (Å²) < 4.78 is 5.19. The molecule has 98 valence electrons. The van der Waals surface area contributed by atoms with Crippen LogP contribution in [0.2, 0.25) is 0 Å². The van der Waals surface area contributed by atoms with Crippen molar-refractivity contribution >= 4 is 0 Å². The van der Waals surface area contributed by atoms with Crippen LogP contribution in [0, 0.1) is 5.41 Å². The summed E-state index contributed by atoms with van der Waals surface area (Å²) in [6, 6.07) is 0.982. The first-order valence-corrected chi connectivity index (χ1v) is 6.25. The van der Waals surface area contributed by atoms with E-state index in [1.165, 1.54) is 0 Å². The lowest BCUT2D eigenvalue weighted by Crippen LogP contribution is -2.50. The largest absolute Gasteiger partial charge is 0.383 e. The molecule has 0 aliphatic carbocycles. The molecule has 3 nitrogen and oxygen atoms in total. The standard InChI is InChI=1S/C13H30N2O/c1-8-14-12(13(3,4)5)9-15(6)11(2)10-16-7/h11-12,14H,8-10H2,1-7H3. The van der Waals surface area contributed by atoms with Gasteiger partial charge in [0, 0.05) is 25.7 Å². The first-order chi connectivity index (χ1) is 7.32. The van der Waals surface area contributed by atoms with Gasteiger partial charge in [-0.3, -0.25) is 4.90 Å². The number of methoxy groups -OCH3 is 1. The topological polar surface area (TPSA) is 24.5 Å². The average Bonchev–Trinajstić information content (AvgIpc) is 2.15. The highest BCUT2D eigenvalue weighted by atomic mass is 16.5. The van der Waals surface area contributed by atoms with Gasteiger partial charge in [0.15, 0.2) is 0 Å². The van der Waals surface area contributed by atoms with E-state index in [0.717, 1.165) is 19.7 Å². The molecule has 0 aromatic heterocycles. The van der Waals surface area contributed by atoms with Crippen molar-refractivity contribution in [1.29, 1.82) is 0 Å². The first kappa shape index (κ1) is 15.9. The van der Waals surface area contributed by atoms with Gasteiger partial charge in [0.2, 0.25) is 0 Å². The molecule has 0 fully saturated rings. The molecule has 0 radical (unpaired) electrons. The van der Waals surface area contributed by atoms with Crippen LogP contribution in [-0.4, -0.2) is 50.8 Å². The average molecular weight is 230 g/mol. The molecule has 0 bridgehead atoms. The molecule has 3 heteroatoms. The molecular formula is C13H30N2O. The van der Waals surface area contributed by atoms with Crippen molar-refractivity contribution in [3.8, 4) is 0 Å². The number of ether oxygens (including phenoxy) is 1. The van der Waals surface area contributed by atoms with Gasteiger partial charge in [0.1, 0.15) is 0 Å². The van der Waals surface area contributed by atoms with E-state index in [2.05, 4.69) is 51.9 Å². The second kappa shape index (κ2) is 7.25. The Morgan fingerprint density at radius 3 is 2.25 bits per heavy atom. The lowest BCUT2D eigenvalue weighted by Gasteiger charge is -2.36. The van der Waals surface area contributed by atoms with Gasteiger partial charge >= 0.3 is 0 Å². The van der Waals surface area contributed by atoms with Gasteiger partial charge in [-0.15, -0.1) is 0 Å². The molecule has 0 aromatic carbocycles. The van der Waals surface area contributed by atoms with Crippen molar-refractivity contribution in [2.24, 2.45) is 5.41 Å². The summed E-state index contributed by atoms with van der Waals surface area (Å²) in [6.45, 7) is 14.1. The van der Waals surface area contributed by atoms with Crippen molar-refractivity contribution in [2.45, 2.75) is 46.7 Å². The van der Waals surface area contributed by atoms with Crippen LogP contribution in [-0.2, 0) is 4.74 Å². The third-order valence-corrected chi connectivity index (χ3v) is 3.13. The minimum atomic E-state index is 0.289. The van der Waals surface area contributed by atoms with Crippen molar-refractivity contribution in [3.05, 3.63) is 0 Å². The second-order valence-corrected chi connectivity index (χ2v) is 5.72. The highest BCUT2D eigenvalue weighted by Crippen LogP contribution is 2.20. The normalized spacial score (nSPS) is 16.5. The molecule has 0 rings (SSSR count). The highest BCUT2D eigenvalue weighted by Gasteiger charge is 2.25. The molecule has 0 spiro atoms. The van der Waals surface area contributed by atoms with E-state index in [0.29, 0.717) is 12.1 Å². The Morgan fingerprint density at radius 1 is 1.31 bits per heavy atom. The van der Waals surface area contributed by atoms with Gasteiger partial charge in [-0.05, 0) is 25.9 Å². The number of hydrogen-bond acceptors (Lipinski definition) is 3. The van der Waals surface area contributed by atoms with Gasteiger partial charge in [0.05, 0.1) is 6.61 Å². The molecular weight excluding hydrogens is 200 g/mol. The van der Waals surface area contributed by atoms with Gasteiger partial charge in [-0.2, -0.15) is 0 Å². The fraction of sp³-hybridized carbons (Fsp3) is 1.00. The smallest absolute Gasteiger partial charge is 0.0615 e. The van der Waals surface area contributed by atoms with E-state index in [9.17, 15) is 0 Å². The van der Waals surface area contributed by atoms with Crippen LogP contribution in [0.25, 0.3) is 0 Å². The fourth-order valence-electron chi connectivity index (χ4n) is 1.73. The van der Waals surface area contributed by atoms with Gasteiger partial charge in [-0.25, -0.2) is 0 Å². The fourth-order valence-corrected chi connectivity index (χ4v) is 1.73. The molecule has 0 saturated heterocycles. The minimum Gasteiger partial charge on any atom is -0.383 e. The molecule has 0 amide bonds. The van der Waals surface area contributed by atoms with E-state index < -0.39 is 0 Å². The summed E-state index contributed by atoms with van der Waals surface area (Å²) in [6.07, 6.45) is 0. The minimum absolute atomic E-state index is 0.289. The lowest BCUT2D eigenvalue weighted by molar-refractivity contribution is 0.0954. The van der Waals surface area contributed by atoms with E-state index in [4.69, 9.17) is 4.74 Å². The van der Waals surface area contributed by atoms with Crippen molar-refractivity contribution in [3.63, 3.8) is 0 Å². The van der Waals surface area contributed by atoms with Crippen molar-refractivity contribution in [2.75, 3.05) is 33.9 Å². The van der Waals surface area contributed by atoms with Crippen LogP contribution in [0.15, 0.2) is 0 Å². The van der Waals surface area contributed by atoms with Crippen LogP contribution in [0.4, 0.5) is 0 Å². The first-order valence-electron chi connectivity index (χ1n) is 6.25. The van der Waals surface area contributed by atoms with Crippen LogP contribution in [0.5, 0.6) is 0 Å². The molecule has 1 N–H and O–H groups in total. The summed E-state index contributed by atoms with van der Waals surface area (Å²) >= 11 is 0. The van der Waals surface area contributed by atoms with Gasteiger partial charge < -0.3 is 10.1 Å². The van der Waals surface area contributed by atoms with E-state index in [1.54, 1.807) is 7.11 Å². The molecule has 0 heterocycles. The van der Waals surface area contributed by atoms with Gasteiger partial charge in [-0.1, -0.05) is 27.7 Å². The zero-order valence-corrected chi connectivity index (χ0v) is 12.1. The third-order valence-electron chi connectivity index (χ3n) is 3.13. The number of nitrogens with one attached hydrogen (secondary N) is 1. The monoisotopic (exact) mass is 230 g/mol. The molecule has 0 aliphatic rings. The Labute approximate surface area is 102 Å². The molecule has 2 atom stereocenters. The second-order valence-electron chi connectivity index (χ2n) is 5.72. The number of nitrogens with zero attached hydrogens (tertiary/aromatic N) is 1. The van der Waals surface area contributed by atoms with Crippen LogP contribution in [0.3, 0.4) is 0 Å². The molecule has 16 heavy (non-hydrogen) atoms. The quantitative estimate of drug-likeness (QED) is 0.724. The number of rotatable bonds is 7. The maximum atomic E-state index is 5.19. The summed E-state index contributed by atoms with van der Waals surface area (Å²) in [7, 11) is 3.93. The maximum Gasteiger partial charge on any atom is 0.0615 e. The van der Waals surface area contributed by atoms with E-state index in [1.807, 2.05) is 0 Å². The van der Waals surface area contributed by atoms with Crippen LogP contribution >= 0.6 is 0 Å². The zero-order valence-electron chi connectivity index (χ0n) is 12.1. The summed E-state index contributed by atoms with van der Waals surface area (Å²) in [5.41, 5.74) is 0.289. The Kier molecular flexibility index (Phi) is 7.20. The predicted molar refractivity (Wildman–Crippen MR) is 70.9 cm³/mol. The Hall–Kier alpha value is -0.120. The van der Waals surface area contributed by atoms with Crippen LogP contribution < -0.4 is 5.32 Å². The van der Waals surface area contributed by atoms with E-state index >= 15 is 0 Å². The molecule has 2 unspecified atom stereocenters. The third kappa shape index (κ3) is 5.83. The van der Waals surface area contributed by atoms with Crippen molar-refractivity contribution < 1.29 is 4.74 Å². The van der Waals surface area contributed by atoms with Crippen LogP contribution in [0.1, 0.15) is 34.6 Å². The maximum absolute atomic E-state index is 5.19. The lowest BCUT2D eigenvalue weighted by atomic mass is 9.86. The Balaban J connectivity index is 4.28. The summed E-state index contributed by atoms with van der Waals surface area (Å²) in [5, 5.41) is 3.57. The molecule has 0 aliphatic heterocycles. The number of likely N-dealkylation sites (N-methyl/N-ethyl adjacent to an activating group) is 2.